The highest BCUT2D eigenvalue weighted by Gasteiger charge is 2.05. The van der Waals surface area contributed by atoms with E-state index in [2.05, 4.69) is 40.8 Å². The van der Waals surface area contributed by atoms with Gasteiger partial charge in [-0.3, -0.25) is 4.99 Å². The predicted octanol–water partition coefficient (Wildman–Crippen LogP) is 3.08. The van der Waals surface area contributed by atoms with Gasteiger partial charge in [-0.2, -0.15) is 5.26 Å². The van der Waals surface area contributed by atoms with Crippen molar-refractivity contribution in [2.45, 2.75) is 20.1 Å². The number of nitriles is 1. The normalized spacial score (nSPS) is 12.3. The van der Waals surface area contributed by atoms with Crippen molar-refractivity contribution in [1.82, 2.24) is 10.6 Å². The highest BCUT2D eigenvalue weighted by molar-refractivity contribution is 5.79. The average Bonchev–Trinajstić information content (AvgIpc) is 2.69. The third kappa shape index (κ3) is 6.96. The minimum atomic E-state index is 0.368. The smallest absolute Gasteiger partial charge is 0.191 e. The minimum absolute atomic E-state index is 0.368. The van der Waals surface area contributed by atoms with Gasteiger partial charge in [-0.05, 0) is 29.2 Å². The minimum Gasteiger partial charge on any atom is -0.376 e. The van der Waals surface area contributed by atoms with Crippen LogP contribution in [0.3, 0.4) is 0 Å². The molecule has 5 nitrogen and oxygen atoms in total. The van der Waals surface area contributed by atoms with Crippen molar-refractivity contribution in [3.63, 3.8) is 0 Å². The molecule has 1 unspecified atom stereocenters. The standard InChI is InChI=1S/C21H26N4O/c1-17(15-26-16-20-6-4-3-5-7-20)13-24-21(23-2)25-14-19-10-8-18(12-22)9-11-19/h3-11,17H,13-16H2,1-2H3,(H2,23,24,25). The highest BCUT2D eigenvalue weighted by Crippen LogP contribution is 2.04. The number of hydrogen-bond acceptors (Lipinski definition) is 3. The highest BCUT2D eigenvalue weighted by atomic mass is 16.5. The lowest BCUT2D eigenvalue weighted by molar-refractivity contribution is 0.0931. The summed E-state index contributed by atoms with van der Waals surface area (Å²) in [6.07, 6.45) is 0. The van der Waals surface area contributed by atoms with Crippen LogP contribution in [0.15, 0.2) is 59.6 Å². The third-order valence-electron chi connectivity index (χ3n) is 3.90. The summed E-state index contributed by atoms with van der Waals surface area (Å²) in [6.45, 7) is 4.91. The monoisotopic (exact) mass is 350 g/mol. The topological polar surface area (TPSA) is 69.4 Å². The molecule has 0 saturated heterocycles. The Labute approximate surface area is 155 Å². The van der Waals surface area contributed by atoms with E-state index in [0.717, 1.165) is 18.1 Å². The summed E-state index contributed by atoms with van der Waals surface area (Å²) < 4.78 is 5.77. The molecule has 0 aliphatic carbocycles. The van der Waals surface area contributed by atoms with Gasteiger partial charge in [0.15, 0.2) is 5.96 Å². The average molecular weight is 350 g/mol. The van der Waals surface area contributed by atoms with Crippen molar-refractivity contribution in [2.75, 3.05) is 20.2 Å². The molecule has 0 aliphatic heterocycles. The Balaban J connectivity index is 1.66. The Morgan fingerprint density at radius 2 is 1.81 bits per heavy atom. The molecule has 26 heavy (non-hydrogen) atoms. The molecule has 0 bridgehead atoms. The summed E-state index contributed by atoms with van der Waals surface area (Å²) in [4.78, 5) is 4.24. The maximum Gasteiger partial charge on any atom is 0.191 e. The van der Waals surface area contributed by atoms with Gasteiger partial charge >= 0.3 is 0 Å². The van der Waals surface area contributed by atoms with Crippen LogP contribution >= 0.6 is 0 Å². The maximum absolute atomic E-state index is 8.83. The summed E-state index contributed by atoms with van der Waals surface area (Å²) in [5.74, 6) is 1.12. The van der Waals surface area contributed by atoms with E-state index in [4.69, 9.17) is 10.00 Å². The van der Waals surface area contributed by atoms with Gasteiger partial charge < -0.3 is 15.4 Å². The Hall–Kier alpha value is -2.84. The number of rotatable bonds is 8. The van der Waals surface area contributed by atoms with E-state index in [1.807, 2.05) is 42.5 Å². The molecule has 0 saturated carbocycles. The van der Waals surface area contributed by atoms with Gasteiger partial charge in [-0.1, -0.05) is 49.4 Å². The Bertz CT molecular complexity index is 720. The summed E-state index contributed by atoms with van der Waals surface area (Å²) in [5.41, 5.74) is 2.96. The zero-order valence-electron chi connectivity index (χ0n) is 15.4. The van der Waals surface area contributed by atoms with Crippen molar-refractivity contribution >= 4 is 5.96 Å². The maximum atomic E-state index is 8.83. The van der Waals surface area contributed by atoms with Gasteiger partial charge in [0.2, 0.25) is 0 Å². The van der Waals surface area contributed by atoms with Gasteiger partial charge in [0, 0.05) is 20.1 Å². The van der Waals surface area contributed by atoms with Crippen LogP contribution < -0.4 is 10.6 Å². The SMILES string of the molecule is CN=C(NCc1ccc(C#N)cc1)NCC(C)COCc1ccccc1. The van der Waals surface area contributed by atoms with Crippen LogP contribution in [0.5, 0.6) is 0 Å². The summed E-state index contributed by atoms with van der Waals surface area (Å²) >= 11 is 0. The second kappa shape index (κ2) is 10.9. The second-order valence-corrected chi connectivity index (χ2v) is 6.22. The molecule has 1 atom stereocenters. The number of nitrogens with zero attached hydrogens (tertiary/aromatic N) is 2. The molecule has 136 valence electrons. The van der Waals surface area contributed by atoms with Crippen molar-refractivity contribution < 1.29 is 4.74 Å². The van der Waals surface area contributed by atoms with Crippen LogP contribution in [0.25, 0.3) is 0 Å². The molecule has 5 heteroatoms. The molecular formula is C21H26N4O. The fraction of sp³-hybridized carbons (Fsp3) is 0.333. The Morgan fingerprint density at radius 3 is 2.46 bits per heavy atom. The van der Waals surface area contributed by atoms with Gasteiger partial charge in [0.25, 0.3) is 0 Å². The zero-order valence-corrected chi connectivity index (χ0v) is 15.4. The number of ether oxygens (including phenoxy) is 1. The number of benzene rings is 2. The zero-order chi connectivity index (χ0) is 18.6. The van der Waals surface area contributed by atoms with Crippen LogP contribution in [0.1, 0.15) is 23.6 Å². The van der Waals surface area contributed by atoms with Crippen LogP contribution in [-0.2, 0) is 17.9 Å². The van der Waals surface area contributed by atoms with E-state index in [-0.39, 0.29) is 0 Å². The van der Waals surface area contributed by atoms with Crippen LogP contribution in [-0.4, -0.2) is 26.2 Å². The molecule has 2 N–H and O–H groups in total. The molecule has 0 amide bonds. The van der Waals surface area contributed by atoms with Crippen molar-refractivity contribution in [3.05, 3.63) is 71.3 Å². The molecule has 0 aromatic heterocycles. The third-order valence-corrected chi connectivity index (χ3v) is 3.90. The van der Waals surface area contributed by atoms with Crippen molar-refractivity contribution in [2.24, 2.45) is 10.9 Å². The van der Waals surface area contributed by atoms with E-state index < -0.39 is 0 Å². The molecule has 2 aromatic carbocycles. The van der Waals surface area contributed by atoms with E-state index in [0.29, 0.717) is 31.2 Å². The molecular weight excluding hydrogens is 324 g/mol. The first kappa shape index (κ1) is 19.5. The molecule has 0 radical (unpaired) electrons. The van der Waals surface area contributed by atoms with Gasteiger partial charge in [0.05, 0.1) is 24.8 Å². The lowest BCUT2D eigenvalue weighted by Gasteiger charge is -2.16. The molecule has 2 rings (SSSR count). The van der Waals surface area contributed by atoms with E-state index in [9.17, 15) is 0 Å². The molecule has 0 spiro atoms. The number of hydrogen-bond donors (Lipinski definition) is 2. The second-order valence-electron chi connectivity index (χ2n) is 6.22. The summed E-state index contributed by atoms with van der Waals surface area (Å²) in [5, 5.41) is 15.4. The van der Waals surface area contributed by atoms with Crippen LogP contribution in [0.2, 0.25) is 0 Å². The van der Waals surface area contributed by atoms with E-state index >= 15 is 0 Å². The predicted molar refractivity (Wildman–Crippen MR) is 105 cm³/mol. The van der Waals surface area contributed by atoms with Gasteiger partial charge in [-0.25, -0.2) is 0 Å². The summed E-state index contributed by atoms with van der Waals surface area (Å²) in [7, 11) is 1.75. The molecule has 0 heterocycles. The quantitative estimate of drug-likeness (QED) is 0.567. The summed E-state index contributed by atoms with van der Waals surface area (Å²) in [6, 6.07) is 19.8. The molecule has 0 aliphatic rings. The largest absolute Gasteiger partial charge is 0.376 e. The fourth-order valence-corrected chi connectivity index (χ4v) is 2.39. The lowest BCUT2D eigenvalue weighted by atomic mass is 10.1. The van der Waals surface area contributed by atoms with Crippen molar-refractivity contribution in [3.8, 4) is 6.07 Å². The molecule has 2 aromatic rings. The molecule has 0 fully saturated rings. The number of aliphatic imine (C=N–C) groups is 1. The first-order valence-corrected chi connectivity index (χ1v) is 8.76. The Morgan fingerprint density at radius 1 is 1.08 bits per heavy atom. The van der Waals surface area contributed by atoms with Gasteiger partial charge in [0.1, 0.15) is 0 Å². The van der Waals surface area contributed by atoms with E-state index in [1.54, 1.807) is 7.05 Å². The van der Waals surface area contributed by atoms with Crippen molar-refractivity contribution in [1.29, 1.82) is 5.26 Å². The van der Waals surface area contributed by atoms with Crippen LogP contribution in [0.4, 0.5) is 0 Å². The number of nitrogens with one attached hydrogen (secondary N) is 2. The fourth-order valence-electron chi connectivity index (χ4n) is 2.39. The lowest BCUT2D eigenvalue weighted by Crippen LogP contribution is -2.39. The number of guanidine groups is 1. The van der Waals surface area contributed by atoms with Gasteiger partial charge in [-0.15, -0.1) is 0 Å². The Kier molecular flexibility index (Phi) is 8.17. The van der Waals surface area contributed by atoms with Crippen LogP contribution in [0, 0.1) is 17.2 Å². The first-order valence-electron chi connectivity index (χ1n) is 8.76. The van der Waals surface area contributed by atoms with E-state index in [1.165, 1.54) is 5.56 Å². The first-order chi connectivity index (χ1) is 12.7.